The highest BCUT2D eigenvalue weighted by Gasteiger charge is 2.42. The summed E-state index contributed by atoms with van der Waals surface area (Å²) >= 11 is 0. The minimum atomic E-state index is -3.24. The van der Waals surface area contributed by atoms with Crippen molar-refractivity contribution in [3.63, 3.8) is 0 Å². The Morgan fingerprint density at radius 1 is 1.30 bits per heavy atom. The van der Waals surface area contributed by atoms with Crippen molar-refractivity contribution in [3.8, 4) is 5.75 Å². The predicted molar refractivity (Wildman–Crippen MR) is 80.6 cm³/mol. The van der Waals surface area contributed by atoms with Crippen LogP contribution in [0.3, 0.4) is 0 Å². The van der Waals surface area contributed by atoms with E-state index in [0.717, 1.165) is 11.1 Å². The Labute approximate surface area is 121 Å². The molecule has 4 nitrogen and oxygen atoms in total. The zero-order chi connectivity index (χ0) is 15.1. The highest BCUT2D eigenvalue weighted by Crippen LogP contribution is 2.38. The van der Waals surface area contributed by atoms with Gasteiger partial charge in [0, 0.05) is 6.04 Å². The molecule has 0 heterocycles. The minimum Gasteiger partial charge on any atom is -0.497 e. The van der Waals surface area contributed by atoms with Crippen molar-refractivity contribution in [1.29, 1.82) is 0 Å². The van der Waals surface area contributed by atoms with Crippen LogP contribution in [0.1, 0.15) is 37.9 Å². The molecule has 3 unspecified atom stereocenters. The molecular formula is C15H23NO3S. The highest BCUT2D eigenvalue weighted by atomic mass is 32.2. The Morgan fingerprint density at radius 3 is 2.50 bits per heavy atom. The van der Waals surface area contributed by atoms with Gasteiger partial charge in [-0.25, -0.2) is 8.42 Å². The molecule has 1 aromatic rings. The maximum atomic E-state index is 12.7. The van der Waals surface area contributed by atoms with Crippen LogP contribution in [0.4, 0.5) is 0 Å². The predicted octanol–water partition coefficient (Wildman–Crippen LogP) is 2.08. The topological polar surface area (TPSA) is 69.4 Å². The van der Waals surface area contributed by atoms with E-state index in [1.54, 1.807) is 14.0 Å². The van der Waals surface area contributed by atoms with Gasteiger partial charge in [-0.05, 0) is 42.5 Å². The number of fused-ring (bicyclic) bond motifs is 1. The molecule has 1 aliphatic carbocycles. The summed E-state index contributed by atoms with van der Waals surface area (Å²) in [5.41, 5.74) is 8.12. The quantitative estimate of drug-likeness (QED) is 0.924. The maximum absolute atomic E-state index is 12.7. The van der Waals surface area contributed by atoms with Crippen molar-refractivity contribution in [1.82, 2.24) is 0 Å². The van der Waals surface area contributed by atoms with Crippen LogP contribution in [0.25, 0.3) is 0 Å². The van der Waals surface area contributed by atoms with Crippen molar-refractivity contribution in [2.45, 2.75) is 43.7 Å². The number of nitrogens with two attached hydrogens (primary N) is 1. The minimum absolute atomic E-state index is 0.0884. The third-order valence-corrected chi connectivity index (χ3v) is 7.30. The number of rotatable bonds is 4. The molecule has 0 aliphatic heterocycles. The monoisotopic (exact) mass is 297 g/mol. The number of sulfone groups is 1. The molecule has 112 valence electrons. The Kier molecular flexibility index (Phi) is 4.12. The first-order valence-corrected chi connectivity index (χ1v) is 8.55. The Bertz CT molecular complexity index is 595. The number of methoxy groups -OCH3 is 1. The fourth-order valence-electron chi connectivity index (χ4n) is 2.72. The van der Waals surface area contributed by atoms with Crippen LogP contribution < -0.4 is 10.5 Å². The van der Waals surface area contributed by atoms with Gasteiger partial charge in [0.15, 0.2) is 9.84 Å². The molecule has 1 aromatic carbocycles. The van der Waals surface area contributed by atoms with E-state index in [4.69, 9.17) is 10.5 Å². The van der Waals surface area contributed by atoms with E-state index >= 15 is 0 Å². The molecule has 3 atom stereocenters. The Morgan fingerprint density at radius 2 is 1.95 bits per heavy atom. The summed E-state index contributed by atoms with van der Waals surface area (Å²) in [6.45, 7) is 5.63. The lowest BCUT2D eigenvalue weighted by Crippen LogP contribution is -2.38. The van der Waals surface area contributed by atoms with E-state index in [2.05, 4.69) is 0 Å². The molecule has 0 aromatic heterocycles. The second-order valence-electron chi connectivity index (χ2n) is 5.87. The standard InChI is InChI=1S/C15H23NO3S/c1-9(2)10(3)20(17,18)14-7-11-5-6-12(19-4)8-13(11)15(14)16/h5-6,8-10,14-15H,7,16H2,1-4H3. The van der Waals surface area contributed by atoms with E-state index in [0.29, 0.717) is 12.2 Å². The molecule has 0 spiro atoms. The second kappa shape index (κ2) is 5.37. The molecule has 0 radical (unpaired) electrons. The number of benzene rings is 1. The Hall–Kier alpha value is -1.07. The fourth-order valence-corrected chi connectivity index (χ4v) is 4.99. The van der Waals surface area contributed by atoms with Crippen LogP contribution in [-0.2, 0) is 16.3 Å². The van der Waals surface area contributed by atoms with Crippen LogP contribution >= 0.6 is 0 Å². The van der Waals surface area contributed by atoms with Gasteiger partial charge in [0.2, 0.25) is 0 Å². The highest BCUT2D eigenvalue weighted by molar-refractivity contribution is 7.92. The molecule has 0 saturated heterocycles. The van der Waals surface area contributed by atoms with Crippen molar-refractivity contribution >= 4 is 9.84 Å². The lowest BCUT2D eigenvalue weighted by atomic mass is 10.1. The van der Waals surface area contributed by atoms with E-state index in [9.17, 15) is 8.42 Å². The fraction of sp³-hybridized carbons (Fsp3) is 0.600. The van der Waals surface area contributed by atoms with Crippen LogP contribution in [-0.4, -0.2) is 26.0 Å². The van der Waals surface area contributed by atoms with Crippen LogP contribution in [0.15, 0.2) is 18.2 Å². The van der Waals surface area contributed by atoms with Gasteiger partial charge in [0.05, 0.1) is 17.6 Å². The average Bonchev–Trinajstić information content (AvgIpc) is 2.75. The zero-order valence-corrected chi connectivity index (χ0v) is 13.3. The van der Waals surface area contributed by atoms with Gasteiger partial charge in [0.25, 0.3) is 0 Å². The Balaban J connectivity index is 2.35. The van der Waals surface area contributed by atoms with E-state index < -0.39 is 21.1 Å². The molecule has 0 fully saturated rings. The molecule has 2 N–H and O–H groups in total. The lowest BCUT2D eigenvalue weighted by Gasteiger charge is -2.24. The average molecular weight is 297 g/mol. The first kappa shape index (κ1) is 15.3. The molecule has 0 saturated carbocycles. The maximum Gasteiger partial charge on any atom is 0.158 e. The summed E-state index contributed by atoms with van der Waals surface area (Å²) in [5, 5.41) is -0.906. The number of hydrogen-bond donors (Lipinski definition) is 1. The second-order valence-corrected chi connectivity index (χ2v) is 8.40. The van der Waals surface area contributed by atoms with Gasteiger partial charge < -0.3 is 10.5 Å². The first-order chi connectivity index (χ1) is 9.28. The van der Waals surface area contributed by atoms with Gasteiger partial charge in [0.1, 0.15) is 5.75 Å². The summed E-state index contributed by atoms with van der Waals surface area (Å²) in [6.07, 6.45) is 0.500. The van der Waals surface area contributed by atoms with Crippen molar-refractivity contribution in [2.24, 2.45) is 11.7 Å². The summed E-state index contributed by atoms with van der Waals surface area (Å²) in [6, 6.07) is 5.16. The summed E-state index contributed by atoms with van der Waals surface area (Å²) in [5.74, 6) is 0.805. The molecular weight excluding hydrogens is 274 g/mol. The molecule has 2 rings (SSSR count). The zero-order valence-electron chi connectivity index (χ0n) is 12.5. The van der Waals surface area contributed by atoms with E-state index in [1.165, 1.54) is 0 Å². The van der Waals surface area contributed by atoms with Gasteiger partial charge in [-0.1, -0.05) is 19.9 Å². The van der Waals surface area contributed by atoms with Gasteiger partial charge >= 0.3 is 0 Å². The largest absolute Gasteiger partial charge is 0.497 e. The third-order valence-electron chi connectivity index (χ3n) is 4.41. The molecule has 5 heteroatoms. The number of hydrogen-bond acceptors (Lipinski definition) is 4. The van der Waals surface area contributed by atoms with Crippen molar-refractivity contribution < 1.29 is 13.2 Å². The smallest absolute Gasteiger partial charge is 0.158 e. The molecule has 1 aliphatic rings. The van der Waals surface area contributed by atoms with E-state index in [-0.39, 0.29) is 11.2 Å². The molecule has 0 bridgehead atoms. The first-order valence-electron chi connectivity index (χ1n) is 6.94. The molecule has 20 heavy (non-hydrogen) atoms. The third kappa shape index (κ3) is 2.44. The normalized spacial score (nSPS) is 23.7. The SMILES string of the molecule is COc1ccc2c(c1)C(N)C(S(=O)(=O)C(C)C(C)C)C2. The van der Waals surface area contributed by atoms with Gasteiger partial charge in [-0.2, -0.15) is 0 Å². The van der Waals surface area contributed by atoms with Gasteiger partial charge in [-0.15, -0.1) is 0 Å². The van der Waals surface area contributed by atoms with Crippen LogP contribution in [0.5, 0.6) is 5.75 Å². The number of ether oxygens (including phenoxy) is 1. The van der Waals surface area contributed by atoms with Crippen molar-refractivity contribution in [2.75, 3.05) is 7.11 Å². The van der Waals surface area contributed by atoms with Gasteiger partial charge in [-0.3, -0.25) is 0 Å². The van der Waals surface area contributed by atoms with Crippen molar-refractivity contribution in [3.05, 3.63) is 29.3 Å². The molecule has 0 amide bonds. The van der Waals surface area contributed by atoms with Crippen LogP contribution in [0, 0.1) is 5.92 Å². The van der Waals surface area contributed by atoms with E-state index in [1.807, 2.05) is 32.0 Å². The summed E-state index contributed by atoms with van der Waals surface area (Å²) in [7, 11) is -1.65. The summed E-state index contributed by atoms with van der Waals surface area (Å²) in [4.78, 5) is 0. The van der Waals surface area contributed by atoms with Crippen LogP contribution in [0.2, 0.25) is 0 Å². The lowest BCUT2D eigenvalue weighted by molar-refractivity contribution is 0.414. The summed E-state index contributed by atoms with van der Waals surface area (Å²) < 4.78 is 30.6.